The zero-order valence-corrected chi connectivity index (χ0v) is 11.1. The van der Waals surface area contributed by atoms with Crippen LogP contribution < -0.4 is 11.5 Å². The average Bonchev–Trinajstić information content (AvgIpc) is 2.42. The summed E-state index contributed by atoms with van der Waals surface area (Å²) in [6, 6.07) is 15.1. The molecule has 1 unspecified atom stereocenters. The highest BCUT2D eigenvalue weighted by molar-refractivity contribution is 6.31. The molecule has 3 nitrogen and oxygen atoms in total. The molecule has 4 N–H and O–H groups in total. The predicted molar refractivity (Wildman–Crippen MR) is 77.7 cm³/mol. The first kappa shape index (κ1) is 13.4. The highest BCUT2D eigenvalue weighted by Gasteiger charge is 2.16. The van der Waals surface area contributed by atoms with Gasteiger partial charge in [-0.1, -0.05) is 41.9 Å². The van der Waals surface area contributed by atoms with E-state index in [4.69, 9.17) is 23.1 Å². The van der Waals surface area contributed by atoms with Crippen molar-refractivity contribution in [2.45, 2.75) is 12.5 Å². The van der Waals surface area contributed by atoms with Crippen LogP contribution in [-0.4, -0.2) is 0 Å². The molecule has 0 bridgehead atoms. The Morgan fingerprint density at radius 1 is 1.16 bits per heavy atom. The zero-order chi connectivity index (χ0) is 13.8. The number of benzene rings is 2. The lowest BCUT2D eigenvalue weighted by molar-refractivity contribution is 1.02. The molecule has 96 valence electrons. The second-order valence-corrected chi connectivity index (χ2v) is 4.70. The quantitative estimate of drug-likeness (QED) is 0.843. The summed E-state index contributed by atoms with van der Waals surface area (Å²) in [4.78, 5) is 0. The Balaban J connectivity index is 2.41. The van der Waals surface area contributed by atoms with E-state index in [0.29, 0.717) is 17.3 Å². The van der Waals surface area contributed by atoms with Crippen molar-refractivity contribution in [3.8, 4) is 6.07 Å². The summed E-state index contributed by atoms with van der Waals surface area (Å²) in [5.41, 5.74) is 14.5. The molecule has 19 heavy (non-hydrogen) atoms. The number of rotatable bonds is 3. The minimum Gasteiger partial charge on any atom is -0.399 e. The Morgan fingerprint density at radius 3 is 2.37 bits per heavy atom. The summed E-state index contributed by atoms with van der Waals surface area (Å²) in [7, 11) is 0. The van der Waals surface area contributed by atoms with Crippen molar-refractivity contribution in [2.75, 3.05) is 5.73 Å². The van der Waals surface area contributed by atoms with Gasteiger partial charge in [-0.3, -0.25) is 0 Å². The van der Waals surface area contributed by atoms with Gasteiger partial charge in [0.15, 0.2) is 0 Å². The molecule has 0 aliphatic carbocycles. The third-order valence-electron chi connectivity index (χ3n) is 3.01. The number of nitrogens with zero attached hydrogens (tertiary/aromatic N) is 1. The Morgan fingerprint density at radius 2 is 1.84 bits per heavy atom. The molecule has 1 atom stereocenters. The van der Waals surface area contributed by atoms with E-state index >= 15 is 0 Å². The van der Waals surface area contributed by atoms with Crippen LogP contribution in [-0.2, 0) is 6.54 Å². The number of nitriles is 1. The minimum atomic E-state index is -0.403. The van der Waals surface area contributed by atoms with Gasteiger partial charge in [-0.15, -0.1) is 0 Å². The van der Waals surface area contributed by atoms with Crippen LogP contribution in [0.25, 0.3) is 0 Å². The van der Waals surface area contributed by atoms with E-state index in [0.717, 1.165) is 16.7 Å². The SMILES string of the molecule is N#CC(c1ccc(CN)cc1)c1ccc(N)cc1Cl. The van der Waals surface area contributed by atoms with Crippen molar-refractivity contribution in [1.82, 2.24) is 0 Å². The number of halogens is 1. The molecule has 0 radical (unpaired) electrons. The van der Waals surface area contributed by atoms with E-state index in [-0.39, 0.29) is 0 Å². The van der Waals surface area contributed by atoms with Gasteiger partial charge in [-0.05, 0) is 28.8 Å². The van der Waals surface area contributed by atoms with Gasteiger partial charge in [-0.2, -0.15) is 5.26 Å². The van der Waals surface area contributed by atoms with E-state index in [9.17, 15) is 5.26 Å². The van der Waals surface area contributed by atoms with E-state index in [1.165, 1.54) is 0 Å². The molecule has 4 heteroatoms. The lowest BCUT2D eigenvalue weighted by atomic mass is 9.92. The normalized spacial score (nSPS) is 11.8. The maximum absolute atomic E-state index is 9.39. The summed E-state index contributed by atoms with van der Waals surface area (Å²) in [6.07, 6.45) is 0. The molecule has 0 aromatic heterocycles. The van der Waals surface area contributed by atoms with Crippen LogP contribution in [0, 0.1) is 11.3 Å². The molecule has 0 saturated carbocycles. The fourth-order valence-electron chi connectivity index (χ4n) is 1.95. The van der Waals surface area contributed by atoms with E-state index in [2.05, 4.69) is 6.07 Å². The van der Waals surface area contributed by atoms with Crippen molar-refractivity contribution < 1.29 is 0 Å². The Bertz CT molecular complexity index is 614. The van der Waals surface area contributed by atoms with Gasteiger partial charge >= 0.3 is 0 Å². The maximum Gasteiger partial charge on any atom is 0.0977 e. The summed E-state index contributed by atoms with van der Waals surface area (Å²) in [5, 5.41) is 9.90. The molecule has 2 aromatic rings. The Hall–Kier alpha value is -2.02. The topological polar surface area (TPSA) is 75.8 Å². The Kier molecular flexibility index (Phi) is 4.06. The monoisotopic (exact) mass is 271 g/mol. The van der Waals surface area contributed by atoms with Gasteiger partial charge in [0.1, 0.15) is 0 Å². The molecule has 2 aromatic carbocycles. The first-order valence-corrected chi connectivity index (χ1v) is 6.27. The molecule has 0 aliphatic heterocycles. The number of anilines is 1. The standard InChI is InChI=1S/C15H14ClN3/c16-15-7-12(19)5-6-13(15)14(9-18)11-3-1-10(8-17)2-4-11/h1-7,14H,8,17,19H2. The van der Waals surface area contributed by atoms with Gasteiger partial charge in [0.05, 0.1) is 12.0 Å². The van der Waals surface area contributed by atoms with Crippen LogP contribution in [0.15, 0.2) is 42.5 Å². The van der Waals surface area contributed by atoms with Gasteiger partial charge < -0.3 is 11.5 Å². The highest BCUT2D eigenvalue weighted by atomic mass is 35.5. The van der Waals surface area contributed by atoms with Crippen molar-refractivity contribution in [1.29, 1.82) is 5.26 Å². The van der Waals surface area contributed by atoms with Crippen LogP contribution in [0.3, 0.4) is 0 Å². The van der Waals surface area contributed by atoms with Crippen LogP contribution in [0.1, 0.15) is 22.6 Å². The van der Waals surface area contributed by atoms with Crippen molar-refractivity contribution in [2.24, 2.45) is 5.73 Å². The smallest absolute Gasteiger partial charge is 0.0977 e. The number of nitrogen functional groups attached to an aromatic ring is 1. The molecule has 0 amide bonds. The largest absolute Gasteiger partial charge is 0.399 e. The van der Waals surface area contributed by atoms with Gasteiger partial charge in [0, 0.05) is 17.3 Å². The van der Waals surface area contributed by atoms with Crippen LogP contribution in [0.2, 0.25) is 5.02 Å². The van der Waals surface area contributed by atoms with Crippen molar-refractivity contribution >= 4 is 17.3 Å². The average molecular weight is 272 g/mol. The first-order valence-electron chi connectivity index (χ1n) is 5.89. The van der Waals surface area contributed by atoms with Gasteiger partial charge in [-0.25, -0.2) is 0 Å². The molecule has 0 saturated heterocycles. The lowest BCUT2D eigenvalue weighted by Crippen LogP contribution is -2.01. The molecule has 2 rings (SSSR count). The molecule has 0 spiro atoms. The minimum absolute atomic E-state index is 0.403. The number of hydrogen-bond donors (Lipinski definition) is 2. The van der Waals surface area contributed by atoms with Crippen molar-refractivity contribution in [3.63, 3.8) is 0 Å². The molecule has 0 fully saturated rings. The third kappa shape index (κ3) is 2.87. The Labute approximate surface area is 117 Å². The van der Waals surface area contributed by atoms with Crippen LogP contribution >= 0.6 is 11.6 Å². The summed E-state index contributed by atoms with van der Waals surface area (Å²) >= 11 is 6.16. The van der Waals surface area contributed by atoms with Crippen LogP contribution in [0.5, 0.6) is 0 Å². The summed E-state index contributed by atoms with van der Waals surface area (Å²) in [5.74, 6) is -0.403. The highest BCUT2D eigenvalue weighted by Crippen LogP contribution is 2.31. The predicted octanol–water partition coefficient (Wildman–Crippen LogP) is 3.04. The van der Waals surface area contributed by atoms with Gasteiger partial charge in [0.25, 0.3) is 0 Å². The van der Waals surface area contributed by atoms with E-state index < -0.39 is 5.92 Å². The molecular formula is C15H14ClN3. The van der Waals surface area contributed by atoms with Gasteiger partial charge in [0.2, 0.25) is 0 Å². The zero-order valence-electron chi connectivity index (χ0n) is 10.3. The second-order valence-electron chi connectivity index (χ2n) is 4.29. The summed E-state index contributed by atoms with van der Waals surface area (Å²) < 4.78 is 0. The molecule has 0 aliphatic rings. The summed E-state index contributed by atoms with van der Waals surface area (Å²) in [6.45, 7) is 0.486. The second kappa shape index (κ2) is 5.75. The van der Waals surface area contributed by atoms with E-state index in [1.807, 2.05) is 24.3 Å². The van der Waals surface area contributed by atoms with E-state index in [1.54, 1.807) is 18.2 Å². The fourth-order valence-corrected chi connectivity index (χ4v) is 2.25. The fraction of sp³-hybridized carbons (Fsp3) is 0.133. The lowest BCUT2D eigenvalue weighted by Gasteiger charge is -2.12. The third-order valence-corrected chi connectivity index (χ3v) is 3.34. The molecular weight excluding hydrogens is 258 g/mol. The maximum atomic E-state index is 9.39. The number of hydrogen-bond acceptors (Lipinski definition) is 3. The first-order chi connectivity index (χ1) is 9.15. The van der Waals surface area contributed by atoms with Crippen molar-refractivity contribution in [3.05, 3.63) is 64.2 Å². The molecule has 0 heterocycles. The van der Waals surface area contributed by atoms with Crippen LogP contribution in [0.4, 0.5) is 5.69 Å². The number of nitrogens with two attached hydrogens (primary N) is 2.